The molecule has 3 aromatic rings. The van der Waals surface area contributed by atoms with Gasteiger partial charge in [-0.05, 0) is 18.6 Å². The third kappa shape index (κ3) is 2.56. The number of nitrogens with zero attached hydrogens (tertiary/aromatic N) is 2. The van der Waals surface area contributed by atoms with Gasteiger partial charge in [-0.3, -0.25) is 9.20 Å². The second-order valence-corrected chi connectivity index (χ2v) is 5.73. The summed E-state index contributed by atoms with van der Waals surface area (Å²) in [6.07, 6.45) is 4.96. The first-order valence-corrected chi connectivity index (χ1v) is 7.37. The largest absolute Gasteiger partial charge is 0.477 e. The summed E-state index contributed by atoms with van der Waals surface area (Å²) < 4.78 is 1.28. The summed E-state index contributed by atoms with van der Waals surface area (Å²) >= 11 is 0.983. The number of aromatic carboxylic acids is 1. The summed E-state index contributed by atoms with van der Waals surface area (Å²) in [7, 11) is 0. The molecule has 0 radical (unpaired) electrons. The lowest BCUT2D eigenvalue weighted by Crippen LogP contribution is -2.17. The monoisotopic (exact) mass is 312 g/mol. The third-order valence-electron chi connectivity index (χ3n) is 3.24. The van der Waals surface area contributed by atoms with E-state index in [9.17, 15) is 9.59 Å². The first-order chi connectivity index (χ1) is 10.6. The van der Waals surface area contributed by atoms with Crippen LogP contribution in [-0.2, 0) is 0 Å². The van der Waals surface area contributed by atoms with E-state index in [0.717, 1.165) is 16.9 Å². The van der Waals surface area contributed by atoms with Crippen molar-refractivity contribution in [2.75, 3.05) is 0 Å². The topological polar surface area (TPSA) is 71.7 Å². The fourth-order valence-electron chi connectivity index (χ4n) is 2.05. The second kappa shape index (κ2) is 5.57. The van der Waals surface area contributed by atoms with E-state index in [1.807, 2.05) is 36.4 Å². The molecule has 6 heteroatoms. The van der Waals surface area contributed by atoms with Gasteiger partial charge in [0.2, 0.25) is 0 Å². The van der Waals surface area contributed by atoms with E-state index >= 15 is 0 Å². The van der Waals surface area contributed by atoms with Crippen LogP contribution in [-0.4, -0.2) is 20.5 Å². The predicted molar refractivity (Wildman–Crippen MR) is 86.4 cm³/mol. The lowest BCUT2D eigenvalue weighted by atomic mass is 10.1. The van der Waals surface area contributed by atoms with E-state index in [-0.39, 0.29) is 10.4 Å². The summed E-state index contributed by atoms with van der Waals surface area (Å²) in [6, 6.07) is 9.68. The van der Waals surface area contributed by atoms with Gasteiger partial charge in [-0.25, -0.2) is 9.78 Å². The summed E-state index contributed by atoms with van der Waals surface area (Å²) in [5.41, 5.74) is 1.79. The summed E-state index contributed by atoms with van der Waals surface area (Å²) in [6.45, 7) is 1.69. The fraction of sp³-hybridized carbons (Fsp3) is 0.0625. The molecule has 0 amide bonds. The van der Waals surface area contributed by atoms with Crippen molar-refractivity contribution in [2.45, 2.75) is 6.92 Å². The van der Waals surface area contributed by atoms with Gasteiger partial charge in [0.15, 0.2) is 4.96 Å². The van der Waals surface area contributed by atoms with E-state index in [0.29, 0.717) is 16.2 Å². The molecule has 0 unspecified atom stereocenters. The minimum absolute atomic E-state index is 0.0909. The van der Waals surface area contributed by atoms with Gasteiger partial charge in [0.05, 0.1) is 5.69 Å². The van der Waals surface area contributed by atoms with E-state index in [2.05, 4.69) is 4.98 Å². The van der Waals surface area contributed by atoms with Crippen LogP contribution in [0, 0.1) is 6.92 Å². The van der Waals surface area contributed by atoms with Crippen LogP contribution in [0.2, 0.25) is 0 Å². The standard InChI is InChI=1S/C16H12N2O3S/c1-10-12(8-7-11-5-3-2-4-6-11)17-16-18(14(10)19)9-13(22-16)15(20)21/h2-9H,1H3,(H,20,21). The smallest absolute Gasteiger partial charge is 0.347 e. The summed E-state index contributed by atoms with van der Waals surface area (Å²) in [4.78, 5) is 28.2. The van der Waals surface area contributed by atoms with E-state index < -0.39 is 5.97 Å². The maximum absolute atomic E-state index is 12.3. The Balaban J connectivity index is 2.10. The molecule has 22 heavy (non-hydrogen) atoms. The maximum Gasteiger partial charge on any atom is 0.347 e. The molecule has 0 fully saturated rings. The molecule has 1 aromatic carbocycles. The molecule has 2 heterocycles. The van der Waals surface area contributed by atoms with Gasteiger partial charge in [0.25, 0.3) is 5.56 Å². The van der Waals surface area contributed by atoms with Crippen molar-refractivity contribution < 1.29 is 9.90 Å². The highest BCUT2D eigenvalue weighted by Crippen LogP contribution is 2.17. The van der Waals surface area contributed by atoms with Crippen LogP contribution >= 0.6 is 11.3 Å². The molecule has 0 spiro atoms. The molecule has 0 aliphatic carbocycles. The number of rotatable bonds is 3. The normalized spacial score (nSPS) is 11.3. The van der Waals surface area contributed by atoms with Crippen LogP contribution in [0.25, 0.3) is 17.1 Å². The van der Waals surface area contributed by atoms with Gasteiger partial charge >= 0.3 is 5.97 Å². The number of thiazole rings is 1. The Kier molecular flexibility index (Phi) is 3.60. The number of carboxylic acids is 1. The van der Waals surface area contributed by atoms with Gasteiger partial charge in [0.1, 0.15) is 4.88 Å². The third-order valence-corrected chi connectivity index (χ3v) is 4.21. The van der Waals surface area contributed by atoms with E-state index in [1.165, 1.54) is 10.6 Å². The second-order valence-electron chi connectivity index (χ2n) is 4.72. The number of hydrogen-bond donors (Lipinski definition) is 1. The van der Waals surface area contributed by atoms with Crippen molar-refractivity contribution in [3.8, 4) is 0 Å². The Morgan fingerprint density at radius 3 is 2.68 bits per heavy atom. The average molecular weight is 312 g/mol. The number of hydrogen-bond acceptors (Lipinski definition) is 4. The van der Waals surface area contributed by atoms with Crippen LogP contribution in [0.5, 0.6) is 0 Å². The Hall–Kier alpha value is -2.73. The predicted octanol–water partition coefficient (Wildman–Crippen LogP) is 2.93. The van der Waals surface area contributed by atoms with Crippen molar-refractivity contribution in [2.24, 2.45) is 0 Å². The van der Waals surface area contributed by atoms with Gasteiger partial charge in [-0.15, -0.1) is 0 Å². The van der Waals surface area contributed by atoms with E-state index in [1.54, 1.807) is 13.0 Å². The van der Waals surface area contributed by atoms with Crippen LogP contribution in [0.1, 0.15) is 26.5 Å². The lowest BCUT2D eigenvalue weighted by Gasteiger charge is -2.00. The molecule has 0 saturated heterocycles. The molecule has 5 nitrogen and oxygen atoms in total. The molecular weight excluding hydrogens is 300 g/mol. The Morgan fingerprint density at radius 1 is 1.27 bits per heavy atom. The quantitative estimate of drug-likeness (QED) is 0.807. The number of fused-ring (bicyclic) bond motifs is 1. The zero-order valence-electron chi connectivity index (χ0n) is 11.7. The highest BCUT2D eigenvalue weighted by Gasteiger charge is 2.13. The summed E-state index contributed by atoms with van der Waals surface area (Å²) in [5.74, 6) is -1.06. The van der Waals surface area contributed by atoms with Crippen LogP contribution in [0.15, 0.2) is 41.3 Å². The number of benzene rings is 1. The molecule has 2 aromatic heterocycles. The van der Waals surface area contributed by atoms with Crippen molar-refractivity contribution in [1.82, 2.24) is 9.38 Å². The van der Waals surface area contributed by atoms with Crippen molar-refractivity contribution in [3.63, 3.8) is 0 Å². The number of carboxylic acid groups (broad SMARTS) is 1. The van der Waals surface area contributed by atoms with Crippen LogP contribution in [0.3, 0.4) is 0 Å². The molecule has 1 N–H and O–H groups in total. The Labute approximate surface area is 129 Å². The zero-order chi connectivity index (χ0) is 15.7. The minimum atomic E-state index is -1.06. The fourth-order valence-corrected chi connectivity index (χ4v) is 2.87. The molecule has 0 aliphatic rings. The SMILES string of the molecule is Cc1c(C=Cc2ccccc2)nc2sc(C(=O)O)cn2c1=O. The minimum Gasteiger partial charge on any atom is -0.477 e. The Bertz CT molecular complexity index is 939. The number of aromatic nitrogens is 2. The van der Waals surface area contributed by atoms with Crippen molar-refractivity contribution in [1.29, 1.82) is 0 Å². The first kappa shape index (κ1) is 14.2. The van der Waals surface area contributed by atoms with Gasteiger partial charge < -0.3 is 5.11 Å². The molecule has 110 valence electrons. The average Bonchev–Trinajstić information content (AvgIpc) is 2.95. The van der Waals surface area contributed by atoms with Gasteiger partial charge in [-0.2, -0.15) is 0 Å². The zero-order valence-corrected chi connectivity index (χ0v) is 12.5. The molecule has 0 atom stereocenters. The molecule has 0 bridgehead atoms. The highest BCUT2D eigenvalue weighted by atomic mass is 32.1. The summed E-state index contributed by atoms with van der Waals surface area (Å²) in [5, 5.41) is 9.02. The molecular formula is C16H12N2O3S. The molecule has 0 aliphatic heterocycles. The first-order valence-electron chi connectivity index (χ1n) is 6.55. The van der Waals surface area contributed by atoms with Gasteiger partial charge in [-0.1, -0.05) is 47.7 Å². The van der Waals surface area contributed by atoms with Crippen LogP contribution in [0.4, 0.5) is 0 Å². The van der Waals surface area contributed by atoms with Crippen molar-refractivity contribution >= 4 is 34.4 Å². The molecule has 0 saturated carbocycles. The van der Waals surface area contributed by atoms with Gasteiger partial charge in [0, 0.05) is 11.8 Å². The number of carbonyl (C=O) groups is 1. The lowest BCUT2D eigenvalue weighted by molar-refractivity contribution is 0.0702. The van der Waals surface area contributed by atoms with Crippen molar-refractivity contribution in [3.05, 3.63) is 68.6 Å². The Morgan fingerprint density at radius 2 is 2.00 bits per heavy atom. The van der Waals surface area contributed by atoms with E-state index in [4.69, 9.17) is 5.11 Å². The van der Waals surface area contributed by atoms with Crippen LogP contribution < -0.4 is 5.56 Å². The molecule has 3 rings (SSSR count). The maximum atomic E-state index is 12.3. The highest BCUT2D eigenvalue weighted by molar-refractivity contribution is 7.18.